The fraction of sp³-hybridized carbons (Fsp3) is 0.600. The van der Waals surface area contributed by atoms with Crippen molar-refractivity contribution in [2.75, 3.05) is 23.7 Å². The lowest BCUT2D eigenvalue weighted by atomic mass is 10.0. The molecule has 1 aliphatic rings. The van der Waals surface area contributed by atoms with Crippen molar-refractivity contribution < 1.29 is 0 Å². The highest BCUT2D eigenvalue weighted by Gasteiger charge is 2.26. The predicted octanol–water partition coefficient (Wildman–Crippen LogP) is 1.15. The van der Waals surface area contributed by atoms with Crippen molar-refractivity contribution in [1.82, 2.24) is 9.97 Å². The van der Waals surface area contributed by atoms with E-state index in [9.17, 15) is 0 Å². The van der Waals surface area contributed by atoms with Crippen LogP contribution in [0.2, 0.25) is 0 Å². The fourth-order valence-electron chi connectivity index (χ4n) is 1.84. The summed E-state index contributed by atoms with van der Waals surface area (Å²) in [5, 5.41) is 0. The average Bonchev–Trinajstić information content (AvgIpc) is 2.47. The normalized spacial score (nSPS) is 26.9. The maximum absolute atomic E-state index is 5.60. The quantitative estimate of drug-likeness (QED) is 0.725. The molecule has 2 N–H and O–H groups in total. The van der Waals surface area contributed by atoms with Crippen LogP contribution >= 0.6 is 0 Å². The van der Waals surface area contributed by atoms with Gasteiger partial charge in [-0.25, -0.2) is 4.98 Å². The third-order valence-corrected chi connectivity index (χ3v) is 2.95. The zero-order valence-electron chi connectivity index (χ0n) is 8.64. The van der Waals surface area contributed by atoms with Crippen molar-refractivity contribution in [3.8, 4) is 0 Å². The van der Waals surface area contributed by atoms with Crippen LogP contribution in [0.1, 0.15) is 13.8 Å². The molecule has 2 atom stereocenters. The standard InChI is InChI=1S/C10H16N4/c1-7-5-14(6-8(7)2)10-4-12-3-9(11)13-10/h3-4,7-8H,5-6H2,1-2H3,(H2,11,13). The van der Waals surface area contributed by atoms with Crippen molar-refractivity contribution in [2.24, 2.45) is 11.8 Å². The molecule has 4 heteroatoms. The van der Waals surface area contributed by atoms with E-state index in [-0.39, 0.29) is 0 Å². The first-order valence-corrected chi connectivity index (χ1v) is 4.99. The Morgan fingerprint density at radius 2 is 1.93 bits per heavy atom. The van der Waals surface area contributed by atoms with Crippen LogP contribution in [-0.4, -0.2) is 23.1 Å². The third kappa shape index (κ3) is 1.64. The number of nitrogens with zero attached hydrogens (tertiary/aromatic N) is 3. The van der Waals surface area contributed by atoms with Gasteiger partial charge in [0.05, 0.1) is 12.4 Å². The molecule has 1 saturated heterocycles. The second-order valence-corrected chi connectivity index (χ2v) is 4.16. The van der Waals surface area contributed by atoms with E-state index in [1.54, 1.807) is 12.4 Å². The molecule has 2 heterocycles. The minimum atomic E-state index is 0.495. The van der Waals surface area contributed by atoms with E-state index >= 15 is 0 Å². The Bertz CT molecular complexity index is 316. The Morgan fingerprint density at radius 1 is 1.29 bits per heavy atom. The van der Waals surface area contributed by atoms with E-state index in [1.165, 1.54) is 0 Å². The summed E-state index contributed by atoms with van der Waals surface area (Å²) in [5.41, 5.74) is 5.60. The van der Waals surface area contributed by atoms with Crippen LogP contribution in [0.5, 0.6) is 0 Å². The molecule has 0 radical (unpaired) electrons. The topological polar surface area (TPSA) is 55.0 Å². The van der Waals surface area contributed by atoms with Crippen molar-refractivity contribution in [1.29, 1.82) is 0 Å². The summed E-state index contributed by atoms with van der Waals surface area (Å²) in [4.78, 5) is 10.6. The van der Waals surface area contributed by atoms with Gasteiger partial charge in [-0.05, 0) is 11.8 Å². The molecule has 1 fully saturated rings. The first kappa shape index (κ1) is 9.24. The average molecular weight is 192 g/mol. The first-order chi connectivity index (χ1) is 6.66. The summed E-state index contributed by atoms with van der Waals surface area (Å²) in [6, 6.07) is 0. The fourth-order valence-corrected chi connectivity index (χ4v) is 1.84. The lowest BCUT2D eigenvalue weighted by molar-refractivity contribution is 0.494. The molecule has 2 unspecified atom stereocenters. The van der Waals surface area contributed by atoms with Gasteiger partial charge >= 0.3 is 0 Å². The number of nitrogen functional groups attached to an aromatic ring is 1. The van der Waals surface area contributed by atoms with Crippen LogP contribution in [0.3, 0.4) is 0 Å². The number of hydrogen-bond donors (Lipinski definition) is 1. The molecule has 0 saturated carbocycles. The van der Waals surface area contributed by atoms with Crippen molar-refractivity contribution in [3.63, 3.8) is 0 Å². The molecule has 0 aromatic carbocycles. The predicted molar refractivity (Wildman–Crippen MR) is 57.0 cm³/mol. The third-order valence-electron chi connectivity index (χ3n) is 2.95. The molecular weight excluding hydrogens is 176 g/mol. The van der Waals surface area contributed by atoms with E-state index in [1.807, 2.05) is 0 Å². The van der Waals surface area contributed by atoms with Gasteiger partial charge in [0, 0.05) is 13.1 Å². The Labute approximate surface area is 84.2 Å². The van der Waals surface area contributed by atoms with E-state index in [4.69, 9.17) is 5.73 Å². The van der Waals surface area contributed by atoms with Crippen LogP contribution in [-0.2, 0) is 0 Å². The molecule has 0 amide bonds. The molecule has 76 valence electrons. The summed E-state index contributed by atoms with van der Waals surface area (Å²) in [5.74, 6) is 2.84. The minimum Gasteiger partial charge on any atom is -0.382 e. The van der Waals surface area contributed by atoms with Gasteiger partial charge < -0.3 is 10.6 Å². The zero-order chi connectivity index (χ0) is 10.1. The highest BCUT2D eigenvalue weighted by Crippen LogP contribution is 2.25. The van der Waals surface area contributed by atoms with E-state index in [2.05, 4.69) is 28.7 Å². The lowest BCUT2D eigenvalue weighted by Gasteiger charge is -2.16. The van der Waals surface area contributed by atoms with Gasteiger partial charge in [-0.3, -0.25) is 4.98 Å². The molecular formula is C10H16N4. The second kappa shape index (κ2) is 3.44. The number of hydrogen-bond acceptors (Lipinski definition) is 4. The molecule has 0 bridgehead atoms. The summed E-state index contributed by atoms with van der Waals surface area (Å²) < 4.78 is 0. The number of nitrogens with two attached hydrogens (primary N) is 1. The summed E-state index contributed by atoms with van der Waals surface area (Å²) in [7, 11) is 0. The van der Waals surface area contributed by atoms with Crippen molar-refractivity contribution >= 4 is 11.6 Å². The zero-order valence-corrected chi connectivity index (χ0v) is 8.64. The van der Waals surface area contributed by atoms with Crippen LogP contribution in [0.15, 0.2) is 12.4 Å². The van der Waals surface area contributed by atoms with E-state index in [0.29, 0.717) is 5.82 Å². The summed E-state index contributed by atoms with van der Waals surface area (Å²) in [6.07, 6.45) is 3.35. The van der Waals surface area contributed by atoms with Crippen LogP contribution in [0.4, 0.5) is 11.6 Å². The van der Waals surface area contributed by atoms with Gasteiger partial charge in [0.15, 0.2) is 0 Å². The Kier molecular flexibility index (Phi) is 2.27. The molecule has 4 nitrogen and oxygen atoms in total. The van der Waals surface area contributed by atoms with Gasteiger partial charge in [0.25, 0.3) is 0 Å². The SMILES string of the molecule is CC1CN(c2cncc(N)n2)CC1C. The molecule has 1 aromatic heterocycles. The highest BCUT2D eigenvalue weighted by atomic mass is 15.2. The molecule has 14 heavy (non-hydrogen) atoms. The summed E-state index contributed by atoms with van der Waals surface area (Å²) >= 11 is 0. The van der Waals surface area contributed by atoms with Gasteiger partial charge in [-0.15, -0.1) is 0 Å². The molecule has 2 rings (SSSR count). The second-order valence-electron chi connectivity index (χ2n) is 4.16. The van der Waals surface area contributed by atoms with Crippen LogP contribution in [0.25, 0.3) is 0 Å². The minimum absolute atomic E-state index is 0.495. The van der Waals surface area contributed by atoms with Crippen LogP contribution in [0, 0.1) is 11.8 Å². The molecule has 1 aromatic rings. The monoisotopic (exact) mass is 192 g/mol. The lowest BCUT2D eigenvalue weighted by Crippen LogP contribution is -2.21. The summed E-state index contributed by atoms with van der Waals surface area (Å²) in [6.45, 7) is 6.65. The van der Waals surface area contributed by atoms with Crippen LogP contribution < -0.4 is 10.6 Å². The molecule has 0 aliphatic carbocycles. The molecule has 0 spiro atoms. The maximum atomic E-state index is 5.60. The Morgan fingerprint density at radius 3 is 2.50 bits per heavy atom. The maximum Gasteiger partial charge on any atom is 0.149 e. The van der Waals surface area contributed by atoms with Gasteiger partial charge in [-0.1, -0.05) is 13.8 Å². The largest absolute Gasteiger partial charge is 0.382 e. The Balaban J connectivity index is 2.17. The van der Waals surface area contributed by atoms with E-state index < -0.39 is 0 Å². The first-order valence-electron chi connectivity index (χ1n) is 4.99. The van der Waals surface area contributed by atoms with Gasteiger partial charge in [0.2, 0.25) is 0 Å². The number of anilines is 2. The van der Waals surface area contributed by atoms with Gasteiger partial charge in [0.1, 0.15) is 11.6 Å². The number of rotatable bonds is 1. The van der Waals surface area contributed by atoms with Crippen molar-refractivity contribution in [3.05, 3.63) is 12.4 Å². The molecule has 1 aliphatic heterocycles. The van der Waals surface area contributed by atoms with Gasteiger partial charge in [-0.2, -0.15) is 0 Å². The number of aromatic nitrogens is 2. The van der Waals surface area contributed by atoms with E-state index in [0.717, 1.165) is 30.7 Å². The van der Waals surface area contributed by atoms with Crippen molar-refractivity contribution in [2.45, 2.75) is 13.8 Å². The highest BCUT2D eigenvalue weighted by molar-refractivity contribution is 5.42. The smallest absolute Gasteiger partial charge is 0.149 e. The Hall–Kier alpha value is -1.32.